The summed E-state index contributed by atoms with van der Waals surface area (Å²) in [4.78, 5) is 22.6. The van der Waals surface area contributed by atoms with Gasteiger partial charge in [-0.05, 0) is 48.5 Å². The van der Waals surface area contributed by atoms with Gasteiger partial charge in [-0.25, -0.2) is 9.59 Å². The second kappa shape index (κ2) is 7.50. The maximum Gasteiger partial charge on any atom is 0.342 e. The van der Waals surface area contributed by atoms with Crippen molar-refractivity contribution in [2.24, 2.45) is 0 Å². The smallest absolute Gasteiger partial charge is 0.342 e. The lowest BCUT2D eigenvalue weighted by Gasteiger charge is -2.04. The van der Waals surface area contributed by atoms with Crippen LogP contribution in [0.2, 0.25) is 0 Å². The molecule has 2 N–H and O–H groups in total. The third kappa shape index (κ3) is 4.26. The van der Waals surface area contributed by atoms with Gasteiger partial charge in [0.25, 0.3) is 5.22 Å². The van der Waals surface area contributed by atoms with E-state index in [0.29, 0.717) is 23.0 Å². The van der Waals surface area contributed by atoms with Crippen molar-refractivity contribution in [2.45, 2.75) is 19.1 Å². The van der Waals surface area contributed by atoms with E-state index < -0.39 is 11.9 Å². The summed E-state index contributed by atoms with van der Waals surface area (Å²) in [5, 5.41) is 26.0. The molecule has 138 valence electrons. The maximum atomic E-state index is 11.5. The second-order valence-electron chi connectivity index (χ2n) is 5.54. The van der Waals surface area contributed by atoms with Gasteiger partial charge in [0.2, 0.25) is 5.89 Å². The Morgan fingerprint density at radius 3 is 2.48 bits per heavy atom. The fraction of sp³-hybridized carbons (Fsp3) is 0.111. The average molecular weight is 386 g/mol. The number of aromatic carboxylic acids is 1. The number of nitrogens with zero attached hydrogens (tertiary/aromatic N) is 2. The predicted molar refractivity (Wildman–Crippen MR) is 96.3 cm³/mol. The highest BCUT2D eigenvalue weighted by molar-refractivity contribution is 8.03. The lowest BCUT2D eigenvalue weighted by molar-refractivity contribution is -0.131. The summed E-state index contributed by atoms with van der Waals surface area (Å²) < 4.78 is 10.9. The molecule has 0 saturated carbocycles. The lowest BCUT2D eigenvalue weighted by Crippen LogP contribution is -1.97. The normalized spacial score (nSPS) is 11.6. The Hall–Kier alpha value is -3.33. The van der Waals surface area contributed by atoms with Crippen LogP contribution in [0.25, 0.3) is 17.4 Å². The molecular formula is C18H14N2O6S. The molecule has 0 fully saturated rings. The largest absolute Gasteiger partial charge is 0.478 e. The zero-order valence-corrected chi connectivity index (χ0v) is 15.1. The van der Waals surface area contributed by atoms with Gasteiger partial charge in [-0.15, -0.1) is 10.2 Å². The zero-order chi connectivity index (χ0) is 19.6. The highest BCUT2D eigenvalue weighted by atomic mass is 32.2. The van der Waals surface area contributed by atoms with E-state index in [4.69, 9.17) is 13.9 Å². The van der Waals surface area contributed by atoms with Gasteiger partial charge >= 0.3 is 11.9 Å². The number of hydrogen-bond donors (Lipinski definition) is 2. The van der Waals surface area contributed by atoms with E-state index >= 15 is 0 Å². The standard InChI is InChI=1S/C18H14N2O6S/c1-9-3-4-11(16(21)22)7-13(9)14-6-5-12(26-14)8-15(17(23)24)27-18-20-19-10(2)25-18/h3-8H,1-2H3,(H,21,22)(H,23,24)/b15-8-. The van der Waals surface area contributed by atoms with Crippen LogP contribution in [0, 0.1) is 13.8 Å². The van der Waals surface area contributed by atoms with Crippen LogP contribution in [0.3, 0.4) is 0 Å². The van der Waals surface area contributed by atoms with Crippen LogP contribution in [0.5, 0.6) is 0 Å². The minimum Gasteiger partial charge on any atom is -0.478 e. The van der Waals surface area contributed by atoms with Crippen LogP contribution in [0.4, 0.5) is 0 Å². The maximum absolute atomic E-state index is 11.5. The molecule has 27 heavy (non-hydrogen) atoms. The predicted octanol–water partition coefficient (Wildman–Crippen LogP) is 3.86. The molecule has 0 aliphatic rings. The fourth-order valence-corrected chi connectivity index (χ4v) is 2.97. The summed E-state index contributed by atoms with van der Waals surface area (Å²) >= 11 is 0.811. The van der Waals surface area contributed by atoms with E-state index in [1.165, 1.54) is 18.2 Å². The molecule has 2 heterocycles. The molecule has 8 nitrogen and oxygen atoms in total. The molecule has 0 amide bonds. The van der Waals surface area contributed by atoms with Crippen LogP contribution in [-0.2, 0) is 4.79 Å². The number of carboxylic acids is 2. The number of aliphatic carboxylic acids is 1. The Morgan fingerprint density at radius 2 is 1.85 bits per heavy atom. The molecule has 0 aliphatic heterocycles. The summed E-state index contributed by atoms with van der Waals surface area (Å²) in [6, 6.07) is 7.97. The van der Waals surface area contributed by atoms with Gasteiger partial charge in [-0.2, -0.15) is 0 Å². The van der Waals surface area contributed by atoms with E-state index in [0.717, 1.165) is 17.3 Å². The van der Waals surface area contributed by atoms with E-state index in [2.05, 4.69) is 10.2 Å². The fourth-order valence-electron chi connectivity index (χ4n) is 2.27. The molecular weight excluding hydrogens is 372 g/mol. The molecule has 2 aromatic heterocycles. The van der Waals surface area contributed by atoms with Crippen LogP contribution in [-0.4, -0.2) is 32.3 Å². The number of rotatable bonds is 6. The Labute approximate surface area is 157 Å². The van der Waals surface area contributed by atoms with Crippen LogP contribution < -0.4 is 0 Å². The molecule has 0 bridgehead atoms. The topological polar surface area (TPSA) is 127 Å². The first-order valence-electron chi connectivity index (χ1n) is 7.70. The molecule has 1 aromatic carbocycles. The molecule has 0 spiro atoms. The summed E-state index contributed by atoms with van der Waals surface area (Å²) in [6.07, 6.45) is 1.34. The van der Waals surface area contributed by atoms with Gasteiger partial charge in [0.05, 0.1) is 5.56 Å². The van der Waals surface area contributed by atoms with Crippen molar-refractivity contribution >= 4 is 29.8 Å². The minimum atomic E-state index is -1.17. The van der Waals surface area contributed by atoms with Gasteiger partial charge in [-0.1, -0.05) is 6.07 Å². The van der Waals surface area contributed by atoms with E-state index in [-0.39, 0.29) is 15.7 Å². The molecule has 0 aliphatic carbocycles. The molecule has 0 radical (unpaired) electrons. The lowest BCUT2D eigenvalue weighted by atomic mass is 10.0. The van der Waals surface area contributed by atoms with Crippen molar-refractivity contribution in [3.63, 3.8) is 0 Å². The molecule has 3 rings (SSSR count). The SMILES string of the molecule is Cc1nnc(S/C(=C\c2ccc(-c3cc(C(=O)O)ccc3C)o2)C(=O)O)o1. The highest BCUT2D eigenvalue weighted by Crippen LogP contribution is 2.31. The van der Waals surface area contributed by atoms with Gasteiger partial charge in [0, 0.05) is 18.6 Å². The number of thioether (sulfide) groups is 1. The molecule has 0 unspecified atom stereocenters. The Balaban J connectivity index is 1.92. The molecule has 0 saturated heterocycles. The number of aryl methyl sites for hydroxylation is 2. The van der Waals surface area contributed by atoms with Crippen molar-refractivity contribution in [2.75, 3.05) is 0 Å². The number of furan rings is 1. The Kier molecular flexibility index (Phi) is 5.13. The van der Waals surface area contributed by atoms with Crippen molar-refractivity contribution in [3.8, 4) is 11.3 Å². The number of aromatic nitrogens is 2. The minimum absolute atomic E-state index is 0.0597. The van der Waals surface area contributed by atoms with Gasteiger partial charge < -0.3 is 19.0 Å². The number of benzene rings is 1. The Bertz CT molecular complexity index is 1050. The molecule has 0 atom stereocenters. The third-order valence-corrected chi connectivity index (χ3v) is 4.42. The van der Waals surface area contributed by atoms with Gasteiger partial charge in [0.1, 0.15) is 16.4 Å². The second-order valence-corrected chi connectivity index (χ2v) is 6.53. The molecule has 9 heteroatoms. The van der Waals surface area contributed by atoms with Crippen LogP contribution in [0.15, 0.2) is 49.3 Å². The van der Waals surface area contributed by atoms with E-state index in [1.807, 2.05) is 6.92 Å². The summed E-state index contributed by atoms with van der Waals surface area (Å²) in [6.45, 7) is 3.43. The number of carboxylic acid groups (broad SMARTS) is 2. The van der Waals surface area contributed by atoms with Crippen LogP contribution in [0.1, 0.15) is 27.6 Å². The average Bonchev–Trinajstić information content (AvgIpc) is 3.23. The van der Waals surface area contributed by atoms with Crippen molar-refractivity contribution < 1.29 is 28.6 Å². The zero-order valence-electron chi connectivity index (χ0n) is 14.3. The van der Waals surface area contributed by atoms with E-state index in [9.17, 15) is 14.7 Å². The number of carbonyl (C=O) groups is 2. The quantitative estimate of drug-likeness (QED) is 0.479. The van der Waals surface area contributed by atoms with Crippen molar-refractivity contribution in [1.82, 2.24) is 10.2 Å². The summed E-state index contributed by atoms with van der Waals surface area (Å²) in [7, 11) is 0. The van der Waals surface area contributed by atoms with Crippen molar-refractivity contribution in [3.05, 3.63) is 58.0 Å². The monoisotopic (exact) mass is 386 g/mol. The Morgan fingerprint density at radius 1 is 1.07 bits per heavy atom. The van der Waals surface area contributed by atoms with Crippen molar-refractivity contribution in [1.29, 1.82) is 0 Å². The summed E-state index contributed by atoms with van der Waals surface area (Å²) in [5.41, 5.74) is 1.59. The molecule has 3 aromatic rings. The number of hydrogen-bond acceptors (Lipinski definition) is 7. The highest BCUT2D eigenvalue weighted by Gasteiger charge is 2.16. The summed E-state index contributed by atoms with van der Waals surface area (Å²) in [5.74, 6) is -1.15. The third-order valence-electron chi connectivity index (χ3n) is 3.57. The first-order valence-corrected chi connectivity index (χ1v) is 8.52. The van der Waals surface area contributed by atoms with Gasteiger partial charge in [0.15, 0.2) is 0 Å². The van der Waals surface area contributed by atoms with E-state index in [1.54, 1.807) is 25.1 Å². The first kappa shape index (κ1) is 18.5. The van der Waals surface area contributed by atoms with Gasteiger partial charge in [-0.3, -0.25) is 0 Å². The first-order chi connectivity index (χ1) is 12.8. The van der Waals surface area contributed by atoms with Crippen LogP contribution >= 0.6 is 11.8 Å².